The highest BCUT2D eigenvalue weighted by molar-refractivity contribution is 7.92. The number of hydrogen-bond donors (Lipinski definition) is 1. The summed E-state index contributed by atoms with van der Waals surface area (Å²) in [5, 5.41) is 2.90. The summed E-state index contributed by atoms with van der Waals surface area (Å²) >= 11 is 0. The lowest BCUT2D eigenvalue weighted by molar-refractivity contribution is -0.139. The first kappa shape index (κ1) is 28.9. The van der Waals surface area contributed by atoms with E-state index in [9.17, 15) is 18.0 Å². The third-order valence-electron chi connectivity index (χ3n) is 6.30. The molecule has 3 aromatic rings. The molecule has 0 bridgehead atoms. The fraction of sp³-hybridized carbons (Fsp3) is 0.333. The predicted molar refractivity (Wildman–Crippen MR) is 151 cm³/mol. The van der Waals surface area contributed by atoms with E-state index in [0.717, 1.165) is 11.1 Å². The fourth-order valence-electron chi connectivity index (χ4n) is 4.10. The van der Waals surface area contributed by atoms with Crippen LogP contribution < -0.4 is 9.62 Å². The standard InChI is InChI=1S/C30H37N3O4S/c1-5-26-16-12-13-19-28(26)33(38(36,37)27-17-10-7-11-18-27)22-29(34)32(21-25-14-8-6-9-15-25)24(4)30(35)31-20-23(2)3/h6-19,23-24H,5,20-22H2,1-4H3,(H,31,35). The van der Waals surface area contributed by atoms with Crippen molar-refractivity contribution in [2.75, 3.05) is 17.4 Å². The molecular weight excluding hydrogens is 498 g/mol. The van der Waals surface area contributed by atoms with Crippen LogP contribution in [0.1, 0.15) is 38.8 Å². The highest BCUT2D eigenvalue weighted by atomic mass is 32.2. The van der Waals surface area contributed by atoms with Gasteiger partial charge in [-0.1, -0.05) is 87.5 Å². The number of benzene rings is 3. The lowest BCUT2D eigenvalue weighted by atomic mass is 10.1. The third kappa shape index (κ3) is 7.22. The van der Waals surface area contributed by atoms with Crippen molar-refractivity contribution in [1.29, 1.82) is 0 Å². The quantitative estimate of drug-likeness (QED) is 0.366. The first-order valence-electron chi connectivity index (χ1n) is 12.9. The smallest absolute Gasteiger partial charge is 0.264 e. The Labute approximate surface area is 226 Å². The van der Waals surface area contributed by atoms with Gasteiger partial charge in [0.05, 0.1) is 10.6 Å². The summed E-state index contributed by atoms with van der Waals surface area (Å²) in [6.07, 6.45) is 0.590. The third-order valence-corrected chi connectivity index (χ3v) is 8.07. The Kier molecular flexibility index (Phi) is 10.1. The van der Waals surface area contributed by atoms with E-state index in [2.05, 4.69) is 5.32 Å². The average Bonchev–Trinajstić information content (AvgIpc) is 2.93. The Bertz CT molecular complexity index is 1310. The van der Waals surface area contributed by atoms with E-state index in [0.29, 0.717) is 18.7 Å². The van der Waals surface area contributed by atoms with Gasteiger partial charge in [-0.2, -0.15) is 0 Å². The second kappa shape index (κ2) is 13.2. The molecule has 1 unspecified atom stereocenters. The Morgan fingerprint density at radius 1 is 0.842 bits per heavy atom. The van der Waals surface area contributed by atoms with Crippen LogP contribution in [0.4, 0.5) is 5.69 Å². The van der Waals surface area contributed by atoms with Crippen molar-refractivity contribution in [3.8, 4) is 0 Å². The van der Waals surface area contributed by atoms with Crippen molar-refractivity contribution in [2.45, 2.75) is 51.6 Å². The molecular formula is C30H37N3O4S. The molecule has 7 nitrogen and oxygen atoms in total. The molecule has 2 amide bonds. The van der Waals surface area contributed by atoms with Crippen molar-refractivity contribution in [2.24, 2.45) is 5.92 Å². The number of para-hydroxylation sites is 1. The molecule has 8 heteroatoms. The van der Waals surface area contributed by atoms with Crippen LogP contribution in [0.15, 0.2) is 89.8 Å². The summed E-state index contributed by atoms with van der Waals surface area (Å²) < 4.78 is 28.9. The van der Waals surface area contributed by atoms with Crippen LogP contribution in [0.3, 0.4) is 0 Å². The maximum Gasteiger partial charge on any atom is 0.264 e. The van der Waals surface area contributed by atoms with Gasteiger partial charge in [0.2, 0.25) is 11.8 Å². The summed E-state index contributed by atoms with van der Waals surface area (Å²) in [6.45, 7) is 7.82. The lowest BCUT2D eigenvalue weighted by Crippen LogP contribution is -2.51. The number of carbonyl (C=O) groups is 2. The fourth-order valence-corrected chi connectivity index (χ4v) is 5.57. The average molecular weight is 536 g/mol. The summed E-state index contributed by atoms with van der Waals surface area (Å²) in [7, 11) is -4.07. The van der Waals surface area contributed by atoms with E-state index in [-0.39, 0.29) is 23.3 Å². The number of anilines is 1. The van der Waals surface area contributed by atoms with E-state index in [1.54, 1.807) is 37.3 Å². The molecule has 0 spiro atoms. The molecule has 0 aliphatic carbocycles. The van der Waals surface area contributed by atoms with Crippen LogP contribution >= 0.6 is 0 Å². The zero-order valence-corrected chi connectivity index (χ0v) is 23.3. The number of carbonyl (C=O) groups excluding carboxylic acids is 2. The van der Waals surface area contributed by atoms with Gasteiger partial charge in [-0.25, -0.2) is 8.42 Å². The molecule has 0 aliphatic heterocycles. The van der Waals surface area contributed by atoms with Gasteiger partial charge in [-0.3, -0.25) is 13.9 Å². The molecule has 0 saturated heterocycles. The van der Waals surface area contributed by atoms with Crippen LogP contribution in [0.25, 0.3) is 0 Å². The molecule has 1 N–H and O–H groups in total. The first-order valence-corrected chi connectivity index (χ1v) is 14.4. The van der Waals surface area contributed by atoms with Gasteiger partial charge in [0.25, 0.3) is 10.0 Å². The summed E-state index contributed by atoms with van der Waals surface area (Å²) in [6, 6.07) is 23.8. The van der Waals surface area contributed by atoms with E-state index in [4.69, 9.17) is 0 Å². The van der Waals surface area contributed by atoms with Crippen molar-refractivity contribution >= 4 is 27.5 Å². The Morgan fingerprint density at radius 2 is 1.42 bits per heavy atom. The molecule has 0 fully saturated rings. The minimum absolute atomic E-state index is 0.0936. The van der Waals surface area contributed by atoms with E-state index in [1.165, 1.54) is 21.3 Å². The van der Waals surface area contributed by atoms with Gasteiger partial charge < -0.3 is 10.2 Å². The van der Waals surface area contributed by atoms with Gasteiger partial charge >= 0.3 is 0 Å². The van der Waals surface area contributed by atoms with Crippen LogP contribution in [0.5, 0.6) is 0 Å². The van der Waals surface area contributed by atoms with E-state index >= 15 is 0 Å². The van der Waals surface area contributed by atoms with Crippen LogP contribution in [0, 0.1) is 5.92 Å². The van der Waals surface area contributed by atoms with E-state index in [1.807, 2.05) is 63.2 Å². The van der Waals surface area contributed by atoms with Crippen molar-refractivity contribution in [3.63, 3.8) is 0 Å². The van der Waals surface area contributed by atoms with Gasteiger partial charge in [0, 0.05) is 13.1 Å². The number of nitrogens with one attached hydrogen (secondary N) is 1. The first-order chi connectivity index (χ1) is 18.1. The zero-order valence-electron chi connectivity index (χ0n) is 22.5. The summed E-state index contributed by atoms with van der Waals surface area (Å²) in [4.78, 5) is 28.5. The number of sulfonamides is 1. The number of rotatable bonds is 12. The highest BCUT2D eigenvalue weighted by Gasteiger charge is 2.33. The Hall–Kier alpha value is -3.65. The number of amides is 2. The predicted octanol–water partition coefficient (Wildman–Crippen LogP) is 4.63. The van der Waals surface area contributed by atoms with Gasteiger partial charge in [-0.15, -0.1) is 0 Å². The van der Waals surface area contributed by atoms with Gasteiger partial charge in [-0.05, 0) is 48.6 Å². The summed E-state index contributed by atoms with van der Waals surface area (Å²) in [5.74, 6) is -0.498. The van der Waals surface area contributed by atoms with Gasteiger partial charge in [0.1, 0.15) is 12.6 Å². The Morgan fingerprint density at radius 3 is 2.03 bits per heavy atom. The minimum Gasteiger partial charge on any atom is -0.354 e. The number of aryl methyl sites for hydroxylation is 1. The normalized spacial score (nSPS) is 12.1. The molecule has 0 saturated carbocycles. The SMILES string of the molecule is CCc1ccccc1N(CC(=O)N(Cc1ccccc1)C(C)C(=O)NCC(C)C)S(=O)(=O)c1ccccc1. The molecule has 1 atom stereocenters. The highest BCUT2D eigenvalue weighted by Crippen LogP contribution is 2.28. The second-order valence-electron chi connectivity index (χ2n) is 9.63. The van der Waals surface area contributed by atoms with Crippen molar-refractivity contribution < 1.29 is 18.0 Å². The molecule has 3 rings (SSSR count). The molecule has 38 heavy (non-hydrogen) atoms. The largest absolute Gasteiger partial charge is 0.354 e. The van der Waals surface area contributed by atoms with Crippen LogP contribution in [0.2, 0.25) is 0 Å². The molecule has 0 heterocycles. The van der Waals surface area contributed by atoms with Crippen molar-refractivity contribution in [1.82, 2.24) is 10.2 Å². The van der Waals surface area contributed by atoms with Gasteiger partial charge in [0.15, 0.2) is 0 Å². The number of hydrogen-bond acceptors (Lipinski definition) is 4. The zero-order chi connectivity index (χ0) is 27.7. The monoisotopic (exact) mass is 535 g/mol. The Balaban J connectivity index is 2.02. The lowest BCUT2D eigenvalue weighted by Gasteiger charge is -2.32. The molecule has 0 aromatic heterocycles. The molecule has 0 aliphatic rings. The summed E-state index contributed by atoms with van der Waals surface area (Å²) in [5.41, 5.74) is 2.09. The number of nitrogens with zero attached hydrogens (tertiary/aromatic N) is 2. The molecule has 0 radical (unpaired) electrons. The van der Waals surface area contributed by atoms with Crippen molar-refractivity contribution in [3.05, 3.63) is 96.1 Å². The molecule has 3 aromatic carbocycles. The van der Waals surface area contributed by atoms with E-state index < -0.39 is 28.5 Å². The second-order valence-corrected chi connectivity index (χ2v) is 11.5. The maximum absolute atomic E-state index is 13.9. The topological polar surface area (TPSA) is 86.8 Å². The van der Waals surface area contributed by atoms with Crippen LogP contribution in [-0.2, 0) is 32.6 Å². The maximum atomic E-state index is 13.9. The van der Waals surface area contributed by atoms with Crippen LogP contribution in [-0.4, -0.2) is 44.3 Å². The minimum atomic E-state index is -4.07. The molecule has 202 valence electrons.